The molecule has 1 aliphatic rings. The van der Waals surface area contributed by atoms with Gasteiger partial charge in [0.15, 0.2) is 10.4 Å². The van der Waals surface area contributed by atoms with Crippen molar-refractivity contribution in [3.63, 3.8) is 0 Å². The molecule has 1 N–H and O–H groups in total. The molecule has 1 aromatic carbocycles. The molecule has 1 atom stereocenters. The Kier molecular flexibility index (Phi) is 5.59. The number of aromatic nitrogens is 3. The van der Waals surface area contributed by atoms with Crippen molar-refractivity contribution in [2.75, 3.05) is 0 Å². The number of carbonyl (C=O) groups is 1. The van der Waals surface area contributed by atoms with E-state index in [1.165, 1.54) is 0 Å². The number of rotatable bonds is 6. The fourth-order valence-electron chi connectivity index (χ4n) is 3.96. The van der Waals surface area contributed by atoms with Crippen LogP contribution in [-0.4, -0.2) is 25.2 Å². The number of aromatic carboxylic acids is 1. The summed E-state index contributed by atoms with van der Waals surface area (Å²) in [5.74, 6) is -1.31. The Balaban J connectivity index is 1.90. The summed E-state index contributed by atoms with van der Waals surface area (Å²) in [6.45, 7) is 1.79. The van der Waals surface area contributed by atoms with Gasteiger partial charge in [-0.1, -0.05) is 23.7 Å². The molecule has 1 aliphatic carbocycles. The highest BCUT2D eigenvalue weighted by atomic mass is 79.9. The van der Waals surface area contributed by atoms with Crippen LogP contribution >= 0.6 is 27.5 Å². The average molecular weight is 491 g/mol. The summed E-state index contributed by atoms with van der Waals surface area (Å²) in [5.41, 5.74) is 3.23. The SMILES string of the molecule is Cc1cc(CC(c2ccc(Cl)cc2)c2c(C(=O)O)nc(Br)n2C2CC2)cn(C)c1=O. The van der Waals surface area contributed by atoms with Crippen LogP contribution in [-0.2, 0) is 13.5 Å². The van der Waals surface area contributed by atoms with Crippen molar-refractivity contribution in [3.8, 4) is 0 Å². The second-order valence-electron chi connectivity index (χ2n) is 7.78. The number of halogens is 2. The third-order valence-corrected chi connectivity index (χ3v) is 6.29. The molecule has 1 fully saturated rings. The van der Waals surface area contributed by atoms with Crippen LogP contribution in [0.1, 0.15) is 57.7 Å². The van der Waals surface area contributed by atoms with E-state index in [2.05, 4.69) is 20.9 Å². The van der Waals surface area contributed by atoms with Gasteiger partial charge in [-0.2, -0.15) is 0 Å². The highest BCUT2D eigenvalue weighted by Crippen LogP contribution is 2.43. The first-order valence-electron chi connectivity index (χ1n) is 9.68. The number of benzene rings is 1. The summed E-state index contributed by atoms with van der Waals surface area (Å²) in [4.78, 5) is 28.5. The molecule has 30 heavy (non-hydrogen) atoms. The van der Waals surface area contributed by atoms with Crippen molar-refractivity contribution in [2.24, 2.45) is 7.05 Å². The standard InChI is InChI=1S/C22H21BrClN3O3/c1-12-9-13(11-26(2)20(12)28)10-17(14-3-5-15(24)6-4-14)19-18(21(29)30)25-22(23)27(19)16-7-8-16/h3-6,9,11,16-17H,7-8,10H2,1-2H3,(H,29,30). The van der Waals surface area contributed by atoms with E-state index >= 15 is 0 Å². The zero-order valence-corrected chi connectivity index (χ0v) is 18.9. The van der Waals surface area contributed by atoms with Gasteiger partial charge in [-0.05, 0) is 71.4 Å². The topological polar surface area (TPSA) is 77.1 Å². The molecule has 0 aliphatic heterocycles. The highest BCUT2D eigenvalue weighted by molar-refractivity contribution is 9.10. The van der Waals surface area contributed by atoms with Gasteiger partial charge in [0.2, 0.25) is 0 Å². The van der Waals surface area contributed by atoms with Crippen LogP contribution in [0.15, 0.2) is 46.1 Å². The van der Waals surface area contributed by atoms with Crippen LogP contribution in [0.25, 0.3) is 0 Å². The lowest BCUT2D eigenvalue weighted by Crippen LogP contribution is -2.21. The van der Waals surface area contributed by atoms with E-state index < -0.39 is 5.97 Å². The van der Waals surface area contributed by atoms with Crippen molar-refractivity contribution in [1.82, 2.24) is 14.1 Å². The summed E-state index contributed by atoms with van der Waals surface area (Å²) in [6, 6.07) is 9.58. The Labute approximate surface area is 187 Å². The van der Waals surface area contributed by atoms with Gasteiger partial charge in [0.05, 0.1) is 5.69 Å². The van der Waals surface area contributed by atoms with Gasteiger partial charge in [0.25, 0.3) is 5.56 Å². The molecule has 0 saturated heterocycles. The zero-order valence-electron chi connectivity index (χ0n) is 16.6. The average Bonchev–Trinajstić information content (AvgIpc) is 3.47. The Morgan fingerprint density at radius 3 is 2.57 bits per heavy atom. The minimum Gasteiger partial charge on any atom is -0.476 e. The van der Waals surface area contributed by atoms with E-state index in [0.717, 1.165) is 24.0 Å². The quantitative estimate of drug-likeness (QED) is 0.543. The maximum atomic E-state index is 12.1. The van der Waals surface area contributed by atoms with Crippen LogP contribution in [0.2, 0.25) is 5.02 Å². The van der Waals surface area contributed by atoms with Gasteiger partial charge >= 0.3 is 5.97 Å². The van der Waals surface area contributed by atoms with Gasteiger partial charge in [0, 0.05) is 35.8 Å². The molecule has 0 amide bonds. The smallest absolute Gasteiger partial charge is 0.356 e. The van der Waals surface area contributed by atoms with Crippen LogP contribution in [0.4, 0.5) is 0 Å². The second kappa shape index (κ2) is 8.04. The zero-order chi connectivity index (χ0) is 21.6. The van der Waals surface area contributed by atoms with Crippen molar-refractivity contribution >= 4 is 33.5 Å². The number of pyridine rings is 1. The molecular weight excluding hydrogens is 470 g/mol. The number of hydrogen-bond acceptors (Lipinski definition) is 3. The first-order valence-corrected chi connectivity index (χ1v) is 10.9. The summed E-state index contributed by atoms with van der Waals surface area (Å²) < 4.78 is 4.11. The summed E-state index contributed by atoms with van der Waals surface area (Å²) >= 11 is 9.57. The van der Waals surface area contributed by atoms with Crippen molar-refractivity contribution in [2.45, 2.75) is 38.1 Å². The molecule has 0 radical (unpaired) electrons. The van der Waals surface area contributed by atoms with Crippen LogP contribution in [0.3, 0.4) is 0 Å². The van der Waals surface area contributed by atoms with E-state index in [1.54, 1.807) is 18.5 Å². The number of imidazole rings is 1. The third kappa shape index (κ3) is 3.96. The minimum atomic E-state index is -1.05. The molecule has 4 rings (SSSR count). The number of carboxylic acids is 1. The van der Waals surface area contributed by atoms with Gasteiger partial charge in [0.1, 0.15) is 0 Å². The lowest BCUT2D eigenvalue weighted by molar-refractivity contribution is 0.0689. The van der Waals surface area contributed by atoms with E-state index in [-0.39, 0.29) is 23.2 Å². The number of nitrogens with zero attached hydrogens (tertiary/aromatic N) is 3. The Morgan fingerprint density at radius 1 is 1.33 bits per heavy atom. The van der Waals surface area contributed by atoms with E-state index in [1.807, 2.05) is 41.1 Å². The molecule has 2 heterocycles. The van der Waals surface area contributed by atoms with Gasteiger partial charge in [-0.3, -0.25) is 4.79 Å². The van der Waals surface area contributed by atoms with Crippen molar-refractivity contribution < 1.29 is 9.90 Å². The molecule has 1 unspecified atom stereocenters. The molecule has 0 spiro atoms. The summed E-state index contributed by atoms with van der Waals surface area (Å²) in [5, 5.41) is 10.5. The normalized spacial score (nSPS) is 14.7. The molecule has 3 aromatic rings. The maximum Gasteiger partial charge on any atom is 0.356 e. The van der Waals surface area contributed by atoms with E-state index in [9.17, 15) is 14.7 Å². The Hall–Kier alpha value is -2.38. The predicted octanol–water partition coefficient (Wildman–Crippen LogP) is 4.71. The fourth-order valence-corrected chi connectivity index (χ4v) is 4.75. The monoisotopic (exact) mass is 489 g/mol. The third-order valence-electron chi connectivity index (χ3n) is 5.48. The summed E-state index contributed by atoms with van der Waals surface area (Å²) in [7, 11) is 1.73. The van der Waals surface area contributed by atoms with Crippen molar-refractivity contribution in [3.05, 3.63) is 84.7 Å². The van der Waals surface area contributed by atoms with Crippen LogP contribution in [0.5, 0.6) is 0 Å². The number of hydrogen-bond donors (Lipinski definition) is 1. The van der Waals surface area contributed by atoms with Gasteiger partial charge in [-0.25, -0.2) is 9.78 Å². The van der Waals surface area contributed by atoms with Crippen molar-refractivity contribution in [1.29, 1.82) is 0 Å². The van der Waals surface area contributed by atoms with E-state index in [0.29, 0.717) is 27.4 Å². The molecule has 6 nitrogen and oxygen atoms in total. The second-order valence-corrected chi connectivity index (χ2v) is 8.92. The maximum absolute atomic E-state index is 12.1. The lowest BCUT2D eigenvalue weighted by Gasteiger charge is -2.22. The van der Waals surface area contributed by atoms with Crippen LogP contribution in [0, 0.1) is 6.92 Å². The molecule has 8 heteroatoms. The van der Waals surface area contributed by atoms with E-state index in [4.69, 9.17) is 11.6 Å². The lowest BCUT2D eigenvalue weighted by atomic mass is 9.88. The number of carboxylic acid groups (broad SMARTS) is 1. The summed E-state index contributed by atoms with van der Waals surface area (Å²) in [6.07, 6.45) is 4.33. The first-order chi connectivity index (χ1) is 14.3. The Bertz CT molecular complexity index is 1150. The fraction of sp³-hybridized carbons (Fsp3) is 0.318. The van der Waals surface area contributed by atoms with Gasteiger partial charge in [-0.15, -0.1) is 0 Å². The predicted molar refractivity (Wildman–Crippen MR) is 119 cm³/mol. The Morgan fingerprint density at radius 2 is 2.00 bits per heavy atom. The minimum absolute atomic E-state index is 0.0428. The first kappa shape index (κ1) is 20.9. The molecule has 156 valence electrons. The molecule has 1 saturated carbocycles. The molecular formula is C22H21BrClN3O3. The van der Waals surface area contributed by atoms with Crippen LogP contribution < -0.4 is 5.56 Å². The van der Waals surface area contributed by atoms with Gasteiger partial charge < -0.3 is 14.2 Å². The molecule has 2 aromatic heterocycles. The molecule has 0 bridgehead atoms. The largest absolute Gasteiger partial charge is 0.476 e. The number of aryl methyl sites for hydroxylation is 2. The highest BCUT2D eigenvalue weighted by Gasteiger charge is 2.35.